The first-order valence-electron chi connectivity index (χ1n) is 11.4. The van der Waals surface area contributed by atoms with Crippen LogP contribution in [0.5, 0.6) is 11.5 Å². The van der Waals surface area contributed by atoms with Gasteiger partial charge >= 0.3 is 0 Å². The van der Waals surface area contributed by atoms with E-state index in [1.165, 1.54) is 0 Å². The van der Waals surface area contributed by atoms with Gasteiger partial charge in [-0.25, -0.2) is 0 Å². The average Bonchev–Trinajstić information content (AvgIpc) is 2.92. The summed E-state index contributed by atoms with van der Waals surface area (Å²) in [5, 5.41) is 1.12. The Labute approximate surface area is 206 Å². The molecule has 0 saturated heterocycles. The molecule has 0 N–H and O–H groups in total. The number of carbonyl (C=O) groups excluding carboxylic acids is 2. The minimum atomic E-state index is -0.912. The van der Waals surface area contributed by atoms with Gasteiger partial charge in [-0.2, -0.15) is 0 Å². The van der Waals surface area contributed by atoms with Crippen LogP contribution in [0, 0.1) is 0 Å². The Morgan fingerprint density at radius 3 is 1.77 bits per heavy atom. The SMILES string of the molecule is O=C(c1ccccc1)C(C(=O)c1ccc2ccccc2c1)[S+]1c2ccccc2Oc2ccccc21. The van der Waals surface area contributed by atoms with E-state index in [0.717, 1.165) is 20.6 Å². The van der Waals surface area contributed by atoms with Gasteiger partial charge in [0.15, 0.2) is 11.5 Å². The maximum atomic E-state index is 14.3. The molecule has 1 aliphatic heterocycles. The lowest BCUT2D eigenvalue weighted by Crippen LogP contribution is -2.39. The van der Waals surface area contributed by atoms with Gasteiger partial charge in [-0.15, -0.1) is 0 Å². The van der Waals surface area contributed by atoms with E-state index < -0.39 is 16.1 Å². The van der Waals surface area contributed by atoms with Crippen LogP contribution in [-0.4, -0.2) is 16.8 Å². The van der Waals surface area contributed by atoms with Crippen LogP contribution in [0.25, 0.3) is 10.8 Å². The van der Waals surface area contributed by atoms with Crippen LogP contribution in [0.3, 0.4) is 0 Å². The Bertz CT molecular complexity index is 1530. The Balaban J connectivity index is 1.56. The molecule has 1 aliphatic rings. The third kappa shape index (κ3) is 3.82. The van der Waals surface area contributed by atoms with E-state index in [9.17, 15) is 9.59 Å². The quantitative estimate of drug-likeness (QED) is 0.155. The maximum Gasteiger partial charge on any atom is 0.253 e. The summed E-state index contributed by atoms with van der Waals surface area (Å²) in [6.45, 7) is 0. The highest BCUT2D eigenvalue weighted by molar-refractivity contribution is 7.99. The second-order valence-corrected chi connectivity index (χ2v) is 10.4. The van der Waals surface area contributed by atoms with Crippen molar-refractivity contribution < 1.29 is 14.3 Å². The number of Topliss-reactive ketones (excluding diaryl/α,β-unsaturated/α-hetero) is 2. The highest BCUT2D eigenvalue weighted by Crippen LogP contribution is 2.46. The fourth-order valence-electron chi connectivity index (χ4n) is 4.50. The third-order valence-electron chi connectivity index (χ3n) is 6.20. The fraction of sp³-hybridized carbons (Fsp3) is 0.0323. The number of ketones is 2. The highest BCUT2D eigenvalue weighted by Gasteiger charge is 2.51. The second-order valence-electron chi connectivity index (χ2n) is 8.37. The molecule has 0 aliphatic carbocycles. The fourth-order valence-corrected chi connectivity index (χ4v) is 7.05. The molecule has 0 fully saturated rings. The number of ether oxygens (including phenoxy) is 1. The largest absolute Gasteiger partial charge is 0.447 e. The molecular formula is C31H21O3S+. The van der Waals surface area contributed by atoms with Gasteiger partial charge < -0.3 is 4.74 Å². The first-order chi connectivity index (χ1) is 17.2. The van der Waals surface area contributed by atoms with Crippen molar-refractivity contribution >= 4 is 33.2 Å². The number of benzene rings is 5. The van der Waals surface area contributed by atoms with Crippen LogP contribution in [-0.2, 0) is 10.9 Å². The number of fused-ring (bicyclic) bond motifs is 3. The lowest BCUT2D eigenvalue weighted by Gasteiger charge is -2.24. The molecule has 1 atom stereocenters. The molecule has 0 saturated carbocycles. The summed E-state index contributed by atoms with van der Waals surface area (Å²) in [5.41, 5.74) is 1.06. The van der Waals surface area contributed by atoms with Crippen molar-refractivity contribution in [3.63, 3.8) is 0 Å². The van der Waals surface area contributed by atoms with Gasteiger partial charge in [0.2, 0.25) is 21.4 Å². The molecule has 1 unspecified atom stereocenters. The van der Waals surface area contributed by atoms with Crippen molar-refractivity contribution in [2.45, 2.75) is 15.0 Å². The summed E-state index contributed by atoms with van der Waals surface area (Å²) in [4.78, 5) is 30.1. The van der Waals surface area contributed by atoms with Gasteiger partial charge in [0.05, 0.1) is 10.9 Å². The summed E-state index contributed by atoms with van der Waals surface area (Å²) in [5.74, 6) is 1.01. The van der Waals surface area contributed by atoms with Crippen molar-refractivity contribution in [3.8, 4) is 11.5 Å². The molecule has 3 nitrogen and oxygen atoms in total. The first kappa shape index (κ1) is 21.4. The normalized spacial score (nSPS) is 13.4. The Morgan fingerprint density at radius 1 is 0.543 bits per heavy atom. The van der Waals surface area contributed by atoms with E-state index in [4.69, 9.17) is 4.74 Å². The number of hydrogen-bond acceptors (Lipinski definition) is 3. The summed E-state index contributed by atoms with van der Waals surface area (Å²) in [6.07, 6.45) is 0. The van der Waals surface area contributed by atoms with E-state index in [0.29, 0.717) is 22.6 Å². The minimum absolute atomic E-state index is 0.181. The average molecular weight is 474 g/mol. The van der Waals surface area contributed by atoms with Gasteiger partial charge in [0, 0.05) is 11.1 Å². The topological polar surface area (TPSA) is 43.4 Å². The summed E-state index contributed by atoms with van der Waals surface area (Å²) < 4.78 is 6.17. The molecule has 4 heteroatoms. The van der Waals surface area contributed by atoms with E-state index in [1.54, 1.807) is 12.1 Å². The van der Waals surface area contributed by atoms with Crippen LogP contribution in [0.15, 0.2) is 131 Å². The molecule has 168 valence electrons. The lowest BCUT2D eigenvalue weighted by molar-refractivity contribution is 0.0902. The van der Waals surface area contributed by atoms with Gasteiger partial charge in [-0.05, 0) is 41.1 Å². The number of hydrogen-bond donors (Lipinski definition) is 0. The second kappa shape index (κ2) is 8.90. The van der Waals surface area contributed by atoms with Crippen LogP contribution in [0.1, 0.15) is 20.7 Å². The monoisotopic (exact) mass is 473 g/mol. The van der Waals surface area contributed by atoms with Crippen LogP contribution in [0.4, 0.5) is 0 Å². The molecule has 0 aromatic heterocycles. The third-order valence-corrected chi connectivity index (χ3v) is 8.72. The van der Waals surface area contributed by atoms with Crippen molar-refractivity contribution in [2.75, 3.05) is 0 Å². The Hall–Kier alpha value is -4.15. The molecule has 0 spiro atoms. The number of para-hydroxylation sites is 2. The van der Waals surface area contributed by atoms with Crippen molar-refractivity contribution in [1.29, 1.82) is 0 Å². The van der Waals surface area contributed by atoms with E-state index >= 15 is 0 Å². The molecule has 6 rings (SSSR count). The highest BCUT2D eigenvalue weighted by atomic mass is 32.2. The number of rotatable bonds is 5. The van der Waals surface area contributed by atoms with Gasteiger partial charge in [-0.1, -0.05) is 91.0 Å². The van der Waals surface area contributed by atoms with Crippen molar-refractivity contribution in [3.05, 3.63) is 132 Å². The summed E-state index contributed by atoms with van der Waals surface area (Å²) in [6, 6.07) is 38.1. The molecule has 1 heterocycles. The van der Waals surface area contributed by atoms with E-state index in [2.05, 4.69) is 0 Å². The predicted molar refractivity (Wildman–Crippen MR) is 140 cm³/mol. The molecular weight excluding hydrogens is 452 g/mol. The number of carbonyl (C=O) groups is 2. The predicted octanol–water partition coefficient (Wildman–Crippen LogP) is 7.12. The van der Waals surface area contributed by atoms with Crippen molar-refractivity contribution in [1.82, 2.24) is 0 Å². The van der Waals surface area contributed by atoms with Gasteiger partial charge in [-0.3, -0.25) is 9.59 Å². The molecule has 0 amide bonds. The summed E-state index contributed by atoms with van der Waals surface area (Å²) in [7, 11) is -0.851. The van der Waals surface area contributed by atoms with E-state index in [-0.39, 0.29) is 11.6 Å². The van der Waals surface area contributed by atoms with Crippen LogP contribution < -0.4 is 4.74 Å². The molecule has 35 heavy (non-hydrogen) atoms. The minimum Gasteiger partial charge on any atom is -0.447 e. The smallest absolute Gasteiger partial charge is 0.253 e. The zero-order chi connectivity index (χ0) is 23.8. The zero-order valence-corrected chi connectivity index (χ0v) is 19.6. The van der Waals surface area contributed by atoms with E-state index in [1.807, 2.05) is 109 Å². The zero-order valence-electron chi connectivity index (χ0n) is 18.8. The summed E-state index contributed by atoms with van der Waals surface area (Å²) >= 11 is 0. The van der Waals surface area contributed by atoms with Gasteiger partial charge in [0.25, 0.3) is 5.25 Å². The molecule has 5 aromatic rings. The Morgan fingerprint density at radius 2 is 1.09 bits per heavy atom. The van der Waals surface area contributed by atoms with Crippen LogP contribution >= 0.6 is 0 Å². The first-order valence-corrected chi connectivity index (χ1v) is 12.7. The maximum absolute atomic E-state index is 14.3. The molecule has 0 bridgehead atoms. The molecule has 5 aromatic carbocycles. The van der Waals surface area contributed by atoms with Crippen LogP contribution in [0.2, 0.25) is 0 Å². The van der Waals surface area contributed by atoms with Gasteiger partial charge in [0.1, 0.15) is 0 Å². The lowest BCUT2D eigenvalue weighted by atomic mass is 9.99. The Kier molecular flexibility index (Phi) is 5.44. The molecule has 0 radical (unpaired) electrons. The standard InChI is InChI=1S/C31H21O3S/c32-29(22-11-2-1-3-12-22)31(30(33)24-19-18-21-10-4-5-13-23(21)20-24)35-27-16-8-6-14-25(27)34-26-15-7-9-17-28(26)35/h1-20,31H/q+1. The van der Waals surface area contributed by atoms with Crippen molar-refractivity contribution in [2.24, 2.45) is 0 Å².